The number of hydrogen-bond donors (Lipinski definition) is 2. The Morgan fingerprint density at radius 2 is 0.826 bits per heavy atom. The molecule has 0 aromatic rings. The maximum atomic E-state index is 6.65. The molecule has 0 rings (SSSR count). The van der Waals surface area contributed by atoms with Gasteiger partial charge in [0.2, 0.25) is 0 Å². The summed E-state index contributed by atoms with van der Waals surface area (Å²) in [5.41, 5.74) is 13.3. The Hall–Kier alpha value is -2.12. The van der Waals surface area contributed by atoms with Gasteiger partial charge in [0.05, 0.1) is 13.1 Å². The van der Waals surface area contributed by atoms with Crippen molar-refractivity contribution < 1.29 is 0 Å². The van der Waals surface area contributed by atoms with Gasteiger partial charge in [0.1, 0.15) is 0 Å². The molecule has 0 amide bonds. The van der Waals surface area contributed by atoms with E-state index in [9.17, 15) is 0 Å². The average Bonchev–Trinajstić information content (AvgIpc) is 2.57. The van der Waals surface area contributed by atoms with Gasteiger partial charge in [0.15, 0.2) is 0 Å². The molecule has 0 bridgehead atoms. The molecule has 8 heteroatoms. The summed E-state index contributed by atoms with van der Waals surface area (Å²) in [7, 11) is 0. The molecule has 0 unspecified atom stereocenters. The quantitative estimate of drug-likeness (QED) is 0.178. The molecule has 0 saturated heterocycles. The molecule has 0 aromatic carbocycles. The zero-order valence-corrected chi connectivity index (χ0v) is 13.8. The van der Waals surface area contributed by atoms with Crippen molar-refractivity contribution in [1.29, 1.82) is 11.1 Å². The summed E-state index contributed by atoms with van der Waals surface area (Å²) >= 11 is 0. The first-order chi connectivity index (χ1) is 11.4. The smallest absolute Gasteiger partial charge is 0.0596 e. The molecule has 0 aliphatic rings. The van der Waals surface area contributed by atoms with Gasteiger partial charge in [-0.1, -0.05) is 0 Å². The van der Waals surface area contributed by atoms with Crippen LogP contribution in [0.15, 0.2) is 30.6 Å². The van der Waals surface area contributed by atoms with Crippen molar-refractivity contribution in [3.8, 4) is 0 Å². The molecular formula is C15H28N8. The summed E-state index contributed by atoms with van der Waals surface area (Å²) in [5.74, 6) is 0. The molecule has 23 heavy (non-hydrogen) atoms. The monoisotopic (exact) mass is 320 g/mol. The zero-order chi connectivity index (χ0) is 16.8. The number of nitrogens with zero attached hydrogens (tertiary/aromatic N) is 6. The van der Waals surface area contributed by atoms with Crippen molar-refractivity contribution in [3.05, 3.63) is 0 Å². The second kappa shape index (κ2) is 19.9. The lowest BCUT2D eigenvalue weighted by atomic mass is 10.2. The highest BCUT2D eigenvalue weighted by Gasteiger charge is 1.85. The van der Waals surface area contributed by atoms with E-state index in [0.29, 0.717) is 13.1 Å². The first-order valence-corrected chi connectivity index (χ1v) is 8.15. The Morgan fingerprint density at radius 3 is 1.17 bits per heavy atom. The fourth-order valence-electron chi connectivity index (χ4n) is 1.57. The minimum atomic E-state index is 0.602. The lowest BCUT2D eigenvalue weighted by molar-refractivity contribution is 0.741. The lowest BCUT2D eigenvalue weighted by Gasteiger charge is -1.90. The first-order valence-electron chi connectivity index (χ1n) is 8.15. The summed E-state index contributed by atoms with van der Waals surface area (Å²) in [4.78, 5) is 0. The molecule has 0 fully saturated rings. The molecule has 0 spiro atoms. The molecule has 0 atom stereocenters. The molecule has 2 N–H and O–H groups in total. The van der Waals surface area contributed by atoms with Crippen LogP contribution in [0.5, 0.6) is 0 Å². The van der Waals surface area contributed by atoms with Crippen molar-refractivity contribution in [3.63, 3.8) is 0 Å². The van der Waals surface area contributed by atoms with Gasteiger partial charge < -0.3 is 0 Å². The second-order valence-corrected chi connectivity index (χ2v) is 4.88. The van der Waals surface area contributed by atoms with E-state index >= 15 is 0 Å². The van der Waals surface area contributed by atoms with Gasteiger partial charge in [-0.2, -0.15) is 30.6 Å². The fourth-order valence-corrected chi connectivity index (χ4v) is 1.57. The molecular weight excluding hydrogens is 292 g/mol. The van der Waals surface area contributed by atoms with Crippen LogP contribution in [0.25, 0.3) is 0 Å². The number of nitrogens with one attached hydrogen (secondary N) is 2. The third-order valence-electron chi connectivity index (χ3n) is 2.83. The van der Waals surface area contributed by atoms with E-state index in [2.05, 4.69) is 30.6 Å². The van der Waals surface area contributed by atoms with Crippen molar-refractivity contribution in [1.82, 2.24) is 0 Å². The van der Waals surface area contributed by atoms with Gasteiger partial charge in [-0.25, -0.2) is 11.1 Å². The molecule has 0 heterocycles. The van der Waals surface area contributed by atoms with Crippen LogP contribution in [0.2, 0.25) is 0 Å². The standard InChI is InChI=1S/C15H28N8/c16-18-10-4-1-6-12-20-22-14-8-3-9-15-23-21-13-7-2-5-11-19-17/h12-17H,1-11H2/b18-16?,19-17?,20-12-,21-13-,22-14-,23-15-. The highest BCUT2D eigenvalue weighted by Crippen LogP contribution is 1.95. The second-order valence-electron chi connectivity index (χ2n) is 4.88. The summed E-state index contributed by atoms with van der Waals surface area (Å²) in [6.07, 6.45) is 15.6. The molecule has 0 aromatic heterocycles. The van der Waals surface area contributed by atoms with E-state index in [-0.39, 0.29) is 0 Å². The molecule has 0 aliphatic heterocycles. The minimum Gasteiger partial charge on any atom is -0.210 e. The van der Waals surface area contributed by atoms with Crippen LogP contribution in [-0.2, 0) is 0 Å². The van der Waals surface area contributed by atoms with Gasteiger partial charge >= 0.3 is 0 Å². The van der Waals surface area contributed by atoms with Gasteiger partial charge in [-0.3, -0.25) is 0 Å². The summed E-state index contributed by atoms with van der Waals surface area (Å²) < 4.78 is 0. The molecule has 8 nitrogen and oxygen atoms in total. The molecule has 0 saturated carbocycles. The fraction of sp³-hybridized carbons (Fsp3) is 0.733. The van der Waals surface area contributed by atoms with Crippen LogP contribution in [-0.4, -0.2) is 37.9 Å². The van der Waals surface area contributed by atoms with E-state index < -0.39 is 0 Å². The normalized spacial score (nSPS) is 12.2. The highest BCUT2D eigenvalue weighted by molar-refractivity contribution is 5.63. The number of unbranched alkanes of at least 4 members (excludes halogenated alkanes) is 6. The van der Waals surface area contributed by atoms with Crippen molar-refractivity contribution >= 4 is 24.9 Å². The zero-order valence-electron chi connectivity index (χ0n) is 13.8. The minimum absolute atomic E-state index is 0.602. The van der Waals surface area contributed by atoms with E-state index in [1.807, 2.05) is 12.4 Å². The lowest BCUT2D eigenvalue weighted by Crippen LogP contribution is -1.82. The van der Waals surface area contributed by atoms with Gasteiger partial charge in [-0.05, 0) is 57.8 Å². The largest absolute Gasteiger partial charge is 0.210 e. The average molecular weight is 320 g/mol. The summed E-state index contributed by atoms with van der Waals surface area (Å²) in [6, 6.07) is 0. The van der Waals surface area contributed by atoms with Crippen LogP contribution in [0.1, 0.15) is 57.8 Å². The van der Waals surface area contributed by atoms with Gasteiger partial charge in [0, 0.05) is 24.9 Å². The predicted molar refractivity (Wildman–Crippen MR) is 95.6 cm³/mol. The molecule has 0 aliphatic carbocycles. The summed E-state index contributed by atoms with van der Waals surface area (Å²) in [6.45, 7) is 1.20. The van der Waals surface area contributed by atoms with Gasteiger partial charge in [0.25, 0.3) is 0 Å². The van der Waals surface area contributed by atoms with Gasteiger partial charge in [-0.15, -0.1) is 0 Å². The number of rotatable bonds is 16. The Balaban J connectivity index is 3.36. The van der Waals surface area contributed by atoms with Crippen LogP contribution in [0, 0.1) is 11.1 Å². The van der Waals surface area contributed by atoms with Crippen LogP contribution >= 0.6 is 0 Å². The third kappa shape index (κ3) is 19.9. The van der Waals surface area contributed by atoms with E-state index in [4.69, 9.17) is 11.1 Å². The Labute approximate surface area is 138 Å². The predicted octanol–water partition coefficient (Wildman–Crippen LogP) is 4.67. The Morgan fingerprint density at radius 1 is 0.478 bits per heavy atom. The highest BCUT2D eigenvalue weighted by atomic mass is 15.2. The number of hydrogen-bond acceptors (Lipinski definition) is 8. The Kier molecular flexibility index (Phi) is 18.0. The van der Waals surface area contributed by atoms with E-state index in [1.165, 1.54) is 0 Å². The molecule has 0 radical (unpaired) electrons. The van der Waals surface area contributed by atoms with Crippen molar-refractivity contribution in [2.24, 2.45) is 30.6 Å². The maximum Gasteiger partial charge on any atom is 0.0596 e. The third-order valence-corrected chi connectivity index (χ3v) is 2.83. The Bertz CT molecular complexity index is 351. The van der Waals surface area contributed by atoms with Crippen LogP contribution in [0.3, 0.4) is 0 Å². The topological polar surface area (TPSA) is 122 Å². The van der Waals surface area contributed by atoms with Crippen molar-refractivity contribution in [2.45, 2.75) is 57.8 Å². The van der Waals surface area contributed by atoms with Crippen LogP contribution < -0.4 is 0 Å². The SMILES string of the molecule is N=NCCCC/C=N\N=C/CCC/C=N\N=C/CCCCN=N. The maximum absolute atomic E-state index is 6.65. The van der Waals surface area contributed by atoms with E-state index in [1.54, 1.807) is 12.4 Å². The first kappa shape index (κ1) is 20.9. The van der Waals surface area contributed by atoms with Crippen LogP contribution in [0.4, 0.5) is 0 Å². The molecule has 128 valence electrons. The van der Waals surface area contributed by atoms with E-state index in [0.717, 1.165) is 57.8 Å². The summed E-state index contributed by atoms with van der Waals surface area (Å²) in [5, 5.41) is 22.4. The van der Waals surface area contributed by atoms with Crippen molar-refractivity contribution in [2.75, 3.05) is 13.1 Å².